The third kappa shape index (κ3) is 10.6. The first-order chi connectivity index (χ1) is 28.8. The van der Waals surface area contributed by atoms with Crippen molar-refractivity contribution >= 4 is 28.9 Å². The summed E-state index contributed by atoms with van der Waals surface area (Å²) in [5.74, 6) is 13.8. The lowest BCUT2D eigenvalue weighted by molar-refractivity contribution is -0.118. The average Bonchev–Trinajstić information content (AvgIpc) is 3.70. The number of carbonyl (C=O) groups excluding carboxylic acids is 2. The quantitative estimate of drug-likeness (QED) is 0.159. The molecule has 7 heteroatoms. The summed E-state index contributed by atoms with van der Waals surface area (Å²) >= 11 is 0. The maximum absolute atomic E-state index is 13.6. The molecule has 0 bridgehead atoms. The lowest BCUT2D eigenvalue weighted by atomic mass is 10.0. The number of benzene rings is 5. The van der Waals surface area contributed by atoms with Gasteiger partial charge in [-0.2, -0.15) is 0 Å². The first-order valence-electron chi connectivity index (χ1n) is 20.7. The topological polar surface area (TPSA) is 71.1 Å². The summed E-state index contributed by atoms with van der Waals surface area (Å²) in [6, 6.07) is 39.6. The highest BCUT2D eigenvalue weighted by atomic mass is 16.5. The molecule has 0 aromatic heterocycles. The lowest BCUT2D eigenvalue weighted by Gasteiger charge is -2.28. The van der Waals surface area contributed by atoms with Gasteiger partial charge >= 0.3 is 0 Å². The monoisotopic (exact) mass is 795 g/mol. The van der Waals surface area contributed by atoms with E-state index in [4.69, 9.17) is 9.47 Å². The highest BCUT2D eigenvalue weighted by molar-refractivity contribution is 6.09. The van der Waals surface area contributed by atoms with E-state index in [9.17, 15) is 9.59 Å². The molecule has 7 nitrogen and oxygen atoms in total. The number of carbonyl (C=O) groups is 2. The molecule has 8 rings (SSSR count). The maximum atomic E-state index is 13.6. The molecule has 2 amide bonds. The van der Waals surface area contributed by atoms with Gasteiger partial charge in [0.05, 0.1) is 42.2 Å². The Morgan fingerprint density at radius 3 is 2.02 bits per heavy atom. The molecule has 1 unspecified atom stereocenters. The fourth-order valence-corrected chi connectivity index (χ4v) is 7.13. The number of nitrogens with one attached hydrogen (secondary N) is 1. The predicted molar refractivity (Wildman–Crippen MR) is 241 cm³/mol. The van der Waals surface area contributed by atoms with Crippen molar-refractivity contribution in [2.45, 2.75) is 84.8 Å². The van der Waals surface area contributed by atoms with Crippen LogP contribution < -0.4 is 15.1 Å². The molecule has 0 spiro atoms. The normalized spacial score (nSPS) is 15.2. The summed E-state index contributed by atoms with van der Waals surface area (Å²) in [7, 11) is 0. The minimum Gasteiger partial charge on any atom is -0.488 e. The van der Waals surface area contributed by atoms with Crippen LogP contribution in [-0.2, 0) is 27.4 Å². The van der Waals surface area contributed by atoms with E-state index in [-0.39, 0.29) is 29.1 Å². The molecule has 3 aliphatic heterocycles. The molecule has 60 heavy (non-hydrogen) atoms. The smallest absolute Gasteiger partial charge is 0.259 e. The van der Waals surface area contributed by atoms with Crippen molar-refractivity contribution in [2.24, 2.45) is 0 Å². The van der Waals surface area contributed by atoms with E-state index in [0.29, 0.717) is 38.2 Å². The molecular formula is C53H53N3O4. The van der Waals surface area contributed by atoms with Gasteiger partial charge in [-0.15, -0.1) is 0 Å². The molecule has 5 aromatic carbocycles. The Bertz CT molecular complexity index is 2520. The number of hydrogen-bond acceptors (Lipinski definition) is 5. The number of amides is 2. The van der Waals surface area contributed by atoms with Crippen molar-refractivity contribution < 1.29 is 19.1 Å². The highest BCUT2D eigenvalue weighted by Gasteiger charge is 2.29. The van der Waals surface area contributed by atoms with Crippen LogP contribution in [0.15, 0.2) is 127 Å². The van der Waals surface area contributed by atoms with Crippen LogP contribution in [0.3, 0.4) is 0 Å². The SMILES string of the molecule is CC(C)(C)NCCC(=O)N1Cc2ccccc2C#Cc2ccccc21.CC(C)(C)OCc1ccc(C2=CCC(CN3C(=O)c4ccccc4C#Cc4ccccc43)O2)cc1. The largest absolute Gasteiger partial charge is 0.488 e. The Balaban J connectivity index is 0.000000192. The van der Waals surface area contributed by atoms with Gasteiger partial charge in [0.2, 0.25) is 5.91 Å². The minimum atomic E-state index is -0.169. The second-order valence-corrected chi connectivity index (χ2v) is 17.2. The Hall–Kier alpha value is -6.38. The van der Waals surface area contributed by atoms with Crippen molar-refractivity contribution in [1.29, 1.82) is 0 Å². The number of rotatable bonds is 8. The van der Waals surface area contributed by atoms with Crippen molar-refractivity contribution in [3.63, 3.8) is 0 Å². The van der Waals surface area contributed by atoms with E-state index in [2.05, 4.69) is 101 Å². The van der Waals surface area contributed by atoms with Crippen LogP contribution >= 0.6 is 0 Å². The lowest BCUT2D eigenvalue weighted by Crippen LogP contribution is -2.39. The van der Waals surface area contributed by atoms with E-state index in [1.165, 1.54) is 0 Å². The molecule has 1 atom stereocenters. The average molecular weight is 796 g/mol. The molecule has 0 saturated heterocycles. The Labute approximate surface area is 355 Å². The van der Waals surface area contributed by atoms with Gasteiger partial charge in [0.1, 0.15) is 11.9 Å². The summed E-state index contributed by atoms with van der Waals surface area (Å²) in [4.78, 5) is 30.3. The summed E-state index contributed by atoms with van der Waals surface area (Å²) in [6.07, 6.45) is 3.18. The fourth-order valence-electron chi connectivity index (χ4n) is 7.13. The third-order valence-electron chi connectivity index (χ3n) is 10.3. The van der Waals surface area contributed by atoms with Crippen LogP contribution in [0.1, 0.15) is 104 Å². The number of ether oxygens (including phenoxy) is 2. The molecule has 0 fully saturated rings. The molecule has 1 N–H and O–H groups in total. The van der Waals surface area contributed by atoms with Gasteiger partial charge in [-0.1, -0.05) is 103 Å². The van der Waals surface area contributed by atoms with Gasteiger partial charge in [-0.25, -0.2) is 0 Å². The maximum Gasteiger partial charge on any atom is 0.259 e. The van der Waals surface area contributed by atoms with Crippen molar-refractivity contribution in [3.8, 4) is 23.7 Å². The van der Waals surface area contributed by atoms with Crippen molar-refractivity contribution in [3.05, 3.63) is 172 Å². The Kier molecular flexibility index (Phi) is 12.7. The van der Waals surface area contributed by atoms with Crippen LogP contribution in [0.5, 0.6) is 0 Å². The molecule has 0 aliphatic carbocycles. The van der Waals surface area contributed by atoms with E-state index in [1.54, 1.807) is 0 Å². The minimum absolute atomic E-state index is 0.00648. The summed E-state index contributed by atoms with van der Waals surface area (Å²) in [5.41, 5.74) is 8.89. The number of nitrogens with zero attached hydrogens (tertiary/aromatic N) is 2. The Morgan fingerprint density at radius 2 is 1.32 bits per heavy atom. The third-order valence-corrected chi connectivity index (χ3v) is 10.3. The van der Waals surface area contributed by atoms with Crippen LogP contribution in [0.25, 0.3) is 5.76 Å². The summed E-state index contributed by atoms with van der Waals surface area (Å²) < 4.78 is 12.2. The zero-order valence-electron chi connectivity index (χ0n) is 35.5. The molecule has 304 valence electrons. The highest BCUT2D eigenvalue weighted by Crippen LogP contribution is 2.31. The van der Waals surface area contributed by atoms with Crippen molar-refractivity contribution in [1.82, 2.24) is 5.32 Å². The van der Waals surface area contributed by atoms with Gasteiger partial charge in [-0.3, -0.25) is 9.59 Å². The molecule has 3 heterocycles. The Morgan fingerprint density at radius 1 is 0.733 bits per heavy atom. The first-order valence-corrected chi connectivity index (χ1v) is 20.7. The van der Waals surface area contributed by atoms with E-state index in [1.807, 2.05) is 107 Å². The number of anilines is 2. The van der Waals surface area contributed by atoms with E-state index < -0.39 is 0 Å². The molecule has 3 aliphatic rings. The van der Waals surface area contributed by atoms with Crippen LogP contribution in [0.2, 0.25) is 0 Å². The first kappa shape index (κ1) is 41.8. The second-order valence-electron chi connectivity index (χ2n) is 17.2. The number of para-hydroxylation sites is 2. The summed E-state index contributed by atoms with van der Waals surface area (Å²) in [6.45, 7) is 14.7. The molecular weight excluding hydrogens is 743 g/mol. The fraction of sp³-hybridized carbons (Fsp3) is 0.283. The van der Waals surface area contributed by atoms with Crippen LogP contribution in [-0.4, -0.2) is 42.1 Å². The van der Waals surface area contributed by atoms with Crippen LogP contribution in [0.4, 0.5) is 11.4 Å². The van der Waals surface area contributed by atoms with Gasteiger partial charge in [-0.05, 0) is 101 Å². The van der Waals surface area contributed by atoms with Gasteiger partial charge in [0.15, 0.2) is 0 Å². The predicted octanol–water partition coefficient (Wildman–Crippen LogP) is 9.90. The van der Waals surface area contributed by atoms with E-state index in [0.717, 1.165) is 62.5 Å². The zero-order valence-corrected chi connectivity index (χ0v) is 35.5. The number of hydrogen-bond donors (Lipinski definition) is 1. The van der Waals surface area contributed by atoms with Gasteiger partial charge in [0.25, 0.3) is 5.91 Å². The standard InChI is InChI=1S/C31H29NO3.C22H24N2O/c1-31(2,3)34-21-22-12-14-25(15-13-22)29-19-18-26(35-29)20-32-28-11-7-5-9-24(28)17-16-23-8-4-6-10-27(23)30(32)33;1-22(2,3)23-15-14-21(25)24-16-19-10-5-4-8-17(19)12-13-18-9-6-7-11-20(18)24/h4-15,19,26H,18,20-21H2,1-3H3;4-11,23H,14-16H2,1-3H3. The second kappa shape index (κ2) is 18.3. The number of fused-ring (bicyclic) bond motifs is 4. The van der Waals surface area contributed by atoms with Gasteiger partial charge < -0.3 is 24.6 Å². The van der Waals surface area contributed by atoms with Gasteiger partial charge in [0, 0.05) is 52.7 Å². The molecule has 5 aromatic rings. The van der Waals surface area contributed by atoms with Crippen molar-refractivity contribution in [2.75, 3.05) is 22.9 Å². The molecule has 0 radical (unpaired) electrons. The summed E-state index contributed by atoms with van der Waals surface area (Å²) in [5, 5.41) is 3.39. The van der Waals surface area contributed by atoms with E-state index >= 15 is 0 Å². The molecule has 0 saturated carbocycles. The zero-order chi connectivity index (χ0) is 42.3. The van der Waals surface area contributed by atoms with Crippen LogP contribution in [0, 0.1) is 23.7 Å².